The van der Waals surface area contributed by atoms with Gasteiger partial charge in [0.05, 0.1) is 18.8 Å². The summed E-state index contributed by atoms with van der Waals surface area (Å²) in [6.07, 6.45) is 6.07. The second-order valence-corrected chi connectivity index (χ2v) is 4.91. The van der Waals surface area contributed by atoms with E-state index in [1.54, 1.807) is 0 Å². The van der Waals surface area contributed by atoms with Crippen LogP contribution in [0.25, 0.3) is 11.1 Å². The molecule has 4 heteroatoms. The molecule has 0 spiro atoms. The third-order valence-electron chi connectivity index (χ3n) is 3.64. The van der Waals surface area contributed by atoms with Gasteiger partial charge in [0.2, 0.25) is 0 Å². The quantitative estimate of drug-likeness (QED) is 0.919. The van der Waals surface area contributed by atoms with Gasteiger partial charge in [-0.3, -0.25) is 4.68 Å². The molecule has 0 amide bonds. The Morgan fingerprint density at radius 3 is 2.58 bits per heavy atom. The van der Waals surface area contributed by atoms with E-state index in [1.807, 2.05) is 30.5 Å². The highest BCUT2D eigenvalue weighted by atomic mass is 16.5. The summed E-state index contributed by atoms with van der Waals surface area (Å²) in [6, 6.07) is 8.40. The van der Waals surface area contributed by atoms with Crippen molar-refractivity contribution in [3.8, 4) is 11.1 Å². The summed E-state index contributed by atoms with van der Waals surface area (Å²) >= 11 is 0. The Hall–Kier alpha value is -1.65. The summed E-state index contributed by atoms with van der Waals surface area (Å²) in [5, 5.41) is 13.5. The highest BCUT2D eigenvalue weighted by Crippen LogP contribution is 2.24. The maximum atomic E-state index is 9.05. The molecular formula is C15H18N2O2. The van der Waals surface area contributed by atoms with Gasteiger partial charge in [-0.2, -0.15) is 5.10 Å². The molecule has 0 saturated carbocycles. The van der Waals surface area contributed by atoms with Gasteiger partial charge in [-0.1, -0.05) is 24.3 Å². The van der Waals surface area contributed by atoms with Crippen LogP contribution >= 0.6 is 0 Å². The predicted octanol–water partition coefficient (Wildman–Crippen LogP) is 2.39. The van der Waals surface area contributed by atoms with Crippen molar-refractivity contribution in [3.63, 3.8) is 0 Å². The Labute approximate surface area is 112 Å². The number of rotatable bonds is 3. The van der Waals surface area contributed by atoms with E-state index >= 15 is 0 Å². The van der Waals surface area contributed by atoms with Crippen molar-refractivity contribution in [1.82, 2.24) is 9.78 Å². The van der Waals surface area contributed by atoms with Gasteiger partial charge in [-0.15, -0.1) is 0 Å². The second kappa shape index (κ2) is 5.55. The third kappa shape index (κ3) is 2.69. The molecule has 19 heavy (non-hydrogen) atoms. The van der Waals surface area contributed by atoms with Gasteiger partial charge in [0, 0.05) is 25.0 Å². The Morgan fingerprint density at radius 1 is 1.16 bits per heavy atom. The minimum Gasteiger partial charge on any atom is -0.392 e. The first kappa shape index (κ1) is 12.4. The van der Waals surface area contributed by atoms with Gasteiger partial charge in [0.25, 0.3) is 0 Å². The van der Waals surface area contributed by atoms with Crippen molar-refractivity contribution in [2.75, 3.05) is 13.2 Å². The maximum Gasteiger partial charge on any atom is 0.0681 e. The number of benzene rings is 1. The van der Waals surface area contributed by atoms with Crippen LogP contribution in [0.15, 0.2) is 36.7 Å². The topological polar surface area (TPSA) is 47.3 Å². The normalized spacial score (nSPS) is 16.7. The highest BCUT2D eigenvalue weighted by Gasteiger charge is 2.16. The molecule has 1 saturated heterocycles. The van der Waals surface area contributed by atoms with Crippen LogP contribution in [0, 0.1) is 0 Å². The molecule has 100 valence electrons. The molecule has 1 N–H and O–H groups in total. The van der Waals surface area contributed by atoms with E-state index in [0.717, 1.165) is 42.7 Å². The van der Waals surface area contributed by atoms with E-state index in [2.05, 4.69) is 16.0 Å². The summed E-state index contributed by atoms with van der Waals surface area (Å²) in [6.45, 7) is 1.73. The van der Waals surface area contributed by atoms with Gasteiger partial charge in [-0.05, 0) is 24.0 Å². The summed E-state index contributed by atoms with van der Waals surface area (Å²) in [5.41, 5.74) is 3.19. The Kier molecular flexibility index (Phi) is 3.62. The average Bonchev–Trinajstić information content (AvgIpc) is 2.98. The summed E-state index contributed by atoms with van der Waals surface area (Å²) in [5.74, 6) is 0. The molecule has 2 aromatic rings. The molecule has 3 rings (SSSR count). The first-order valence-corrected chi connectivity index (χ1v) is 6.69. The van der Waals surface area contributed by atoms with Crippen molar-refractivity contribution in [1.29, 1.82) is 0 Å². The van der Waals surface area contributed by atoms with Crippen molar-refractivity contribution >= 4 is 0 Å². The number of hydrogen-bond donors (Lipinski definition) is 1. The van der Waals surface area contributed by atoms with Crippen molar-refractivity contribution < 1.29 is 9.84 Å². The van der Waals surface area contributed by atoms with Gasteiger partial charge >= 0.3 is 0 Å². The van der Waals surface area contributed by atoms with Gasteiger partial charge in [0.1, 0.15) is 0 Å². The minimum atomic E-state index is 0.0849. The van der Waals surface area contributed by atoms with Crippen LogP contribution in [0.3, 0.4) is 0 Å². The molecule has 0 aliphatic carbocycles. The van der Waals surface area contributed by atoms with Crippen LogP contribution in [-0.2, 0) is 11.3 Å². The lowest BCUT2D eigenvalue weighted by Crippen LogP contribution is -2.19. The fourth-order valence-electron chi connectivity index (χ4n) is 2.44. The largest absolute Gasteiger partial charge is 0.392 e. The van der Waals surface area contributed by atoms with Crippen LogP contribution in [-0.4, -0.2) is 28.1 Å². The zero-order chi connectivity index (χ0) is 13.1. The first-order valence-electron chi connectivity index (χ1n) is 6.69. The third-order valence-corrected chi connectivity index (χ3v) is 3.64. The lowest BCUT2D eigenvalue weighted by atomic mass is 10.1. The second-order valence-electron chi connectivity index (χ2n) is 4.91. The molecule has 1 aromatic heterocycles. The van der Waals surface area contributed by atoms with E-state index in [4.69, 9.17) is 9.84 Å². The number of ether oxygens (including phenoxy) is 1. The van der Waals surface area contributed by atoms with E-state index in [0.29, 0.717) is 6.04 Å². The Morgan fingerprint density at radius 2 is 1.89 bits per heavy atom. The van der Waals surface area contributed by atoms with Gasteiger partial charge in [-0.25, -0.2) is 0 Å². The fourth-order valence-corrected chi connectivity index (χ4v) is 2.44. The molecule has 1 aromatic carbocycles. The summed E-state index contributed by atoms with van der Waals surface area (Å²) in [7, 11) is 0. The summed E-state index contributed by atoms with van der Waals surface area (Å²) < 4.78 is 7.43. The Balaban J connectivity index is 1.79. The summed E-state index contributed by atoms with van der Waals surface area (Å²) in [4.78, 5) is 0. The average molecular weight is 258 g/mol. The standard InChI is InChI=1S/C15H18N2O2/c18-11-12-1-3-13(4-2-12)14-9-16-17(10-14)15-5-7-19-8-6-15/h1-4,9-10,15,18H,5-8,11H2. The molecule has 4 nitrogen and oxygen atoms in total. The molecule has 0 radical (unpaired) electrons. The van der Waals surface area contributed by atoms with Gasteiger partial charge in [0.15, 0.2) is 0 Å². The van der Waals surface area contributed by atoms with E-state index in [1.165, 1.54) is 0 Å². The lowest BCUT2D eigenvalue weighted by Gasteiger charge is -2.22. The zero-order valence-corrected chi connectivity index (χ0v) is 10.8. The van der Waals surface area contributed by atoms with E-state index in [9.17, 15) is 0 Å². The molecular weight excluding hydrogens is 240 g/mol. The van der Waals surface area contributed by atoms with E-state index < -0.39 is 0 Å². The SMILES string of the molecule is OCc1ccc(-c2cnn(C3CCOCC3)c2)cc1. The zero-order valence-electron chi connectivity index (χ0n) is 10.8. The molecule has 0 unspecified atom stereocenters. The smallest absolute Gasteiger partial charge is 0.0681 e. The number of aliphatic hydroxyl groups is 1. The number of hydrogen-bond acceptors (Lipinski definition) is 3. The number of aromatic nitrogens is 2. The molecule has 1 aliphatic heterocycles. The van der Waals surface area contributed by atoms with Crippen LogP contribution in [0.5, 0.6) is 0 Å². The highest BCUT2D eigenvalue weighted by molar-refractivity contribution is 5.61. The maximum absolute atomic E-state index is 9.05. The number of nitrogens with zero attached hydrogens (tertiary/aromatic N) is 2. The van der Waals surface area contributed by atoms with Crippen LogP contribution in [0.4, 0.5) is 0 Å². The minimum absolute atomic E-state index is 0.0849. The monoisotopic (exact) mass is 258 g/mol. The first-order chi connectivity index (χ1) is 9.36. The molecule has 1 fully saturated rings. The van der Waals surface area contributed by atoms with Crippen molar-refractivity contribution in [2.24, 2.45) is 0 Å². The molecule has 2 heterocycles. The van der Waals surface area contributed by atoms with Crippen molar-refractivity contribution in [3.05, 3.63) is 42.2 Å². The van der Waals surface area contributed by atoms with Crippen molar-refractivity contribution in [2.45, 2.75) is 25.5 Å². The van der Waals surface area contributed by atoms with Crippen LogP contribution in [0.2, 0.25) is 0 Å². The number of aliphatic hydroxyl groups excluding tert-OH is 1. The molecule has 0 bridgehead atoms. The van der Waals surface area contributed by atoms with Crippen LogP contribution < -0.4 is 0 Å². The predicted molar refractivity (Wildman–Crippen MR) is 72.7 cm³/mol. The fraction of sp³-hybridized carbons (Fsp3) is 0.400. The van der Waals surface area contributed by atoms with Crippen LogP contribution in [0.1, 0.15) is 24.4 Å². The molecule has 0 atom stereocenters. The van der Waals surface area contributed by atoms with E-state index in [-0.39, 0.29) is 6.61 Å². The van der Waals surface area contributed by atoms with Gasteiger partial charge < -0.3 is 9.84 Å². The molecule has 1 aliphatic rings. The lowest BCUT2D eigenvalue weighted by molar-refractivity contribution is 0.0662. The Bertz CT molecular complexity index is 527.